The molecule has 0 aliphatic carbocycles. The number of hydrogen-bond donors (Lipinski definition) is 3. The van der Waals surface area contributed by atoms with Crippen LogP contribution >= 0.6 is 11.8 Å². The molecule has 4 N–H and O–H groups in total. The highest BCUT2D eigenvalue weighted by molar-refractivity contribution is 8.01. The van der Waals surface area contributed by atoms with E-state index in [4.69, 9.17) is 5.73 Å². The molecule has 16 heavy (non-hydrogen) atoms. The lowest BCUT2D eigenvalue weighted by Gasteiger charge is -2.25. The van der Waals surface area contributed by atoms with Gasteiger partial charge >= 0.3 is 6.03 Å². The zero-order chi connectivity index (χ0) is 11.3. The predicted molar refractivity (Wildman–Crippen MR) is 58.0 cm³/mol. The van der Waals surface area contributed by atoms with Gasteiger partial charge < -0.3 is 16.4 Å². The van der Waals surface area contributed by atoms with Crippen LogP contribution in [0.1, 0.15) is 11.6 Å². The Bertz CT molecular complexity index is 504. The van der Waals surface area contributed by atoms with Crippen LogP contribution in [0.4, 0.5) is 10.5 Å². The van der Waals surface area contributed by atoms with Crippen LogP contribution in [-0.2, 0) is 4.79 Å². The number of nitrogens with one attached hydrogen (secondary N) is 2. The standard InChI is InChI=1S/C9H8N4O2S/c10-7(14)6-5-4-3(12-9(15)13-5)1-2-11-8(4)16-6/h1-2,5-6H,(H2,10,14)(H2,12,13,15). The van der Waals surface area contributed by atoms with E-state index in [-0.39, 0.29) is 12.1 Å². The molecule has 6 nitrogen and oxygen atoms in total. The van der Waals surface area contributed by atoms with Crippen molar-refractivity contribution in [2.24, 2.45) is 5.73 Å². The van der Waals surface area contributed by atoms with Crippen LogP contribution in [0.15, 0.2) is 17.3 Å². The largest absolute Gasteiger partial charge is 0.369 e. The molecule has 0 saturated carbocycles. The Labute approximate surface area is 95.0 Å². The van der Waals surface area contributed by atoms with Gasteiger partial charge in [0.2, 0.25) is 5.91 Å². The molecule has 0 aromatic carbocycles. The summed E-state index contributed by atoms with van der Waals surface area (Å²) in [5, 5.41) is 5.64. The molecule has 1 aromatic heterocycles. The Morgan fingerprint density at radius 1 is 1.56 bits per heavy atom. The van der Waals surface area contributed by atoms with E-state index in [1.54, 1.807) is 12.3 Å². The van der Waals surface area contributed by atoms with Crippen LogP contribution in [0.5, 0.6) is 0 Å². The lowest BCUT2D eigenvalue weighted by molar-refractivity contribution is -0.117. The van der Waals surface area contributed by atoms with E-state index in [1.165, 1.54) is 11.8 Å². The molecule has 2 atom stereocenters. The third kappa shape index (κ3) is 1.18. The van der Waals surface area contributed by atoms with Gasteiger partial charge in [0.1, 0.15) is 10.3 Å². The van der Waals surface area contributed by atoms with Gasteiger partial charge in [-0.15, -0.1) is 0 Å². The summed E-state index contributed by atoms with van der Waals surface area (Å²) >= 11 is 1.29. The lowest BCUT2D eigenvalue weighted by Crippen LogP contribution is -2.44. The monoisotopic (exact) mass is 236 g/mol. The molecular weight excluding hydrogens is 228 g/mol. The molecule has 0 radical (unpaired) electrons. The molecule has 82 valence electrons. The fourth-order valence-electron chi connectivity index (χ4n) is 1.97. The SMILES string of the molecule is NC(=O)C1Sc2nccc3c2C1NC(=O)N3. The summed E-state index contributed by atoms with van der Waals surface area (Å²) < 4.78 is 0. The second kappa shape index (κ2) is 3.11. The normalized spacial score (nSPS) is 25.6. The number of urea groups is 1. The van der Waals surface area contributed by atoms with E-state index in [0.717, 1.165) is 10.6 Å². The number of aromatic nitrogens is 1. The Kier molecular flexibility index (Phi) is 1.84. The summed E-state index contributed by atoms with van der Waals surface area (Å²) in [5.74, 6) is -0.443. The van der Waals surface area contributed by atoms with Crippen LogP contribution in [0.3, 0.4) is 0 Å². The number of nitrogens with zero attached hydrogens (tertiary/aromatic N) is 1. The average Bonchev–Trinajstić information content (AvgIpc) is 2.59. The molecule has 3 heterocycles. The molecule has 3 rings (SSSR count). The number of primary amides is 1. The van der Waals surface area contributed by atoms with Crippen molar-refractivity contribution in [3.05, 3.63) is 17.8 Å². The first kappa shape index (κ1) is 9.46. The van der Waals surface area contributed by atoms with Crippen LogP contribution in [0, 0.1) is 0 Å². The Morgan fingerprint density at radius 2 is 2.38 bits per heavy atom. The van der Waals surface area contributed by atoms with Crippen molar-refractivity contribution in [2.75, 3.05) is 5.32 Å². The highest BCUT2D eigenvalue weighted by Gasteiger charge is 2.43. The molecule has 7 heteroatoms. The zero-order valence-electron chi connectivity index (χ0n) is 8.06. The van der Waals surface area contributed by atoms with Crippen molar-refractivity contribution in [1.82, 2.24) is 10.3 Å². The number of hydrogen-bond acceptors (Lipinski definition) is 4. The van der Waals surface area contributed by atoms with Crippen molar-refractivity contribution in [3.63, 3.8) is 0 Å². The Balaban J connectivity index is 2.14. The van der Waals surface area contributed by atoms with Crippen molar-refractivity contribution in [1.29, 1.82) is 0 Å². The van der Waals surface area contributed by atoms with Gasteiger partial charge in [-0.3, -0.25) is 4.79 Å². The van der Waals surface area contributed by atoms with Gasteiger partial charge in [-0.1, -0.05) is 11.8 Å². The number of amides is 3. The van der Waals surface area contributed by atoms with Gasteiger partial charge in [-0.05, 0) is 6.07 Å². The van der Waals surface area contributed by atoms with E-state index in [0.29, 0.717) is 5.69 Å². The van der Waals surface area contributed by atoms with Crippen LogP contribution < -0.4 is 16.4 Å². The third-order valence-electron chi connectivity index (χ3n) is 2.62. The van der Waals surface area contributed by atoms with Gasteiger partial charge in [0, 0.05) is 11.8 Å². The maximum atomic E-state index is 11.4. The molecule has 2 unspecified atom stereocenters. The second-order valence-electron chi connectivity index (χ2n) is 3.59. The van der Waals surface area contributed by atoms with Gasteiger partial charge in [-0.2, -0.15) is 0 Å². The number of pyridine rings is 1. The summed E-state index contributed by atoms with van der Waals surface area (Å²) in [6.45, 7) is 0. The molecule has 2 aliphatic rings. The molecule has 0 spiro atoms. The van der Waals surface area contributed by atoms with Gasteiger partial charge in [0.05, 0.1) is 11.7 Å². The zero-order valence-corrected chi connectivity index (χ0v) is 8.88. The van der Waals surface area contributed by atoms with Crippen LogP contribution in [0.2, 0.25) is 0 Å². The summed E-state index contributed by atoms with van der Waals surface area (Å²) in [6, 6.07) is 1.03. The van der Waals surface area contributed by atoms with Crippen LogP contribution in [-0.4, -0.2) is 22.2 Å². The number of nitrogens with two attached hydrogens (primary N) is 1. The minimum atomic E-state index is -0.477. The molecule has 0 saturated heterocycles. The maximum absolute atomic E-state index is 11.4. The maximum Gasteiger partial charge on any atom is 0.319 e. The molecule has 3 amide bonds. The minimum absolute atomic E-state index is 0.316. The number of carbonyl (C=O) groups excluding carboxylic acids is 2. The number of thioether (sulfide) groups is 1. The van der Waals surface area contributed by atoms with Gasteiger partial charge in [0.15, 0.2) is 0 Å². The van der Waals surface area contributed by atoms with E-state index in [1.807, 2.05) is 0 Å². The quantitative estimate of drug-likeness (QED) is 0.649. The van der Waals surface area contributed by atoms with Crippen molar-refractivity contribution in [3.8, 4) is 0 Å². The topological polar surface area (TPSA) is 97.1 Å². The number of rotatable bonds is 1. The van der Waals surface area contributed by atoms with E-state index >= 15 is 0 Å². The Hall–Kier alpha value is -1.76. The molecule has 0 bridgehead atoms. The number of anilines is 1. The van der Waals surface area contributed by atoms with E-state index in [9.17, 15) is 9.59 Å². The van der Waals surface area contributed by atoms with Gasteiger partial charge in [-0.25, -0.2) is 9.78 Å². The Morgan fingerprint density at radius 3 is 3.12 bits per heavy atom. The summed E-state index contributed by atoms with van der Waals surface area (Å²) in [5.41, 5.74) is 6.86. The first-order chi connectivity index (χ1) is 7.66. The van der Waals surface area contributed by atoms with Gasteiger partial charge in [0.25, 0.3) is 0 Å². The highest BCUT2D eigenvalue weighted by atomic mass is 32.2. The highest BCUT2D eigenvalue weighted by Crippen LogP contribution is 2.47. The van der Waals surface area contributed by atoms with E-state index in [2.05, 4.69) is 15.6 Å². The fourth-order valence-corrected chi connectivity index (χ4v) is 3.15. The first-order valence-electron chi connectivity index (χ1n) is 4.69. The van der Waals surface area contributed by atoms with Crippen molar-refractivity contribution >= 4 is 29.4 Å². The van der Waals surface area contributed by atoms with E-state index < -0.39 is 11.2 Å². The summed E-state index contributed by atoms with van der Waals surface area (Å²) in [7, 11) is 0. The first-order valence-corrected chi connectivity index (χ1v) is 5.57. The van der Waals surface area contributed by atoms with Crippen LogP contribution in [0.25, 0.3) is 0 Å². The van der Waals surface area contributed by atoms with Crippen molar-refractivity contribution < 1.29 is 9.59 Å². The smallest absolute Gasteiger partial charge is 0.319 e. The third-order valence-corrected chi connectivity index (χ3v) is 3.93. The molecular formula is C9H8N4O2S. The predicted octanol–water partition coefficient (Wildman–Crippen LogP) is 0.217. The molecule has 2 aliphatic heterocycles. The summed E-state index contributed by atoms with van der Waals surface area (Å²) in [4.78, 5) is 26.8. The van der Waals surface area contributed by atoms with Crippen molar-refractivity contribution in [2.45, 2.75) is 16.3 Å². The molecule has 1 aromatic rings. The minimum Gasteiger partial charge on any atom is -0.369 e. The number of carbonyl (C=O) groups is 2. The lowest BCUT2D eigenvalue weighted by atomic mass is 10.0. The molecule has 0 fully saturated rings. The summed E-state index contributed by atoms with van der Waals surface area (Å²) in [6.07, 6.45) is 1.60. The average molecular weight is 236 g/mol. The fraction of sp³-hybridized carbons (Fsp3) is 0.222. The second-order valence-corrected chi connectivity index (χ2v) is 4.72.